The number of fused-ring (bicyclic) bond motifs is 4. The number of carboxylic acid groups (broad SMARTS) is 1. The van der Waals surface area contributed by atoms with E-state index in [4.69, 9.17) is 21.6 Å². The van der Waals surface area contributed by atoms with Gasteiger partial charge in [0, 0.05) is 24.5 Å². The molecule has 172 valence electrons. The molecule has 3 fully saturated rings. The Labute approximate surface area is 200 Å². The van der Waals surface area contributed by atoms with E-state index in [1.54, 1.807) is 12.4 Å². The predicted octanol–water partition coefficient (Wildman–Crippen LogP) is 4.43. The molecule has 3 saturated carbocycles. The second kappa shape index (κ2) is 8.32. The molecule has 4 aromatic rings. The van der Waals surface area contributed by atoms with Crippen LogP contribution in [0.25, 0.3) is 33.9 Å². The van der Waals surface area contributed by atoms with E-state index in [2.05, 4.69) is 25.3 Å². The highest BCUT2D eigenvalue weighted by Gasteiger charge is 2.47. The van der Waals surface area contributed by atoms with Gasteiger partial charge in [0.15, 0.2) is 11.5 Å². The summed E-state index contributed by atoms with van der Waals surface area (Å²) in [4.78, 5) is 37.9. The molecule has 0 spiro atoms. The van der Waals surface area contributed by atoms with Gasteiger partial charge in [0.2, 0.25) is 0 Å². The van der Waals surface area contributed by atoms with E-state index in [0.717, 1.165) is 25.7 Å². The van der Waals surface area contributed by atoms with Crippen LogP contribution >= 0.6 is 11.6 Å². The zero-order chi connectivity index (χ0) is 23.2. The van der Waals surface area contributed by atoms with Crippen molar-refractivity contribution in [1.82, 2.24) is 29.9 Å². The first kappa shape index (κ1) is 21.0. The van der Waals surface area contributed by atoms with E-state index >= 15 is 0 Å². The van der Waals surface area contributed by atoms with Gasteiger partial charge in [0.25, 0.3) is 0 Å². The number of nitrogens with zero attached hydrogens (tertiary/aromatic N) is 5. The quantitative estimate of drug-likeness (QED) is 0.386. The van der Waals surface area contributed by atoms with Crippen LogP contribution in [0, 0.1) is 17.8 Å². The topological polar surface area (TPSA) is 130 Å². The van der Waals surface area contributed by atoms with Crippen molar-refractivity contribution in [3.8, 4) is 22.8 Å². The van der Waals surface area contributed by atoms with Crippen molar-refractivity contribution in [2.75, 3.05) is 5.32 Å². The number of H-pyrrole nitrogens is 1. The number of hydrogen-bond acceptors (Lipinski definition) is 7. The van der Waals surface area contributed by atoms with Gasteiger partial charge in [-0.25, -0.2) is 19.9 Å². The number of carboxylic acids is 1. The Morgan fingerprint density at radius 2 is 1.88 bits per heavy atom. The third-order valence-electron chi connectivity index (χ3n) is 7.06. The Hall–Kier alpha value is -3.59. The lowest BCUT2D eigenvalue weighted by molar-refractivity contribution is -0.148. The van der Waals surface area contributed by atoms with Crippen LogP contribution < -0.4 is 5.32 Å². The van der Waals surface area contributed by atoms with Crippen molar-refractivity contribution in [2.24, 2.45) is 17.8 Å². The first-order valence-corrected chi connectivity index (χ1v) is 11.7. The van der Waals surface area contributed by atoms with Crippen molar-refractivity contribution in [1.29, 1.82) is 0 Å². The van der Waals surface area contributed by atoms with Gasteiger partial charge in [-0.15, -0.1) is 0 Å². The van der Waals surface area contributed by atoms with Crippen molar-refractivity contribution in [2.45, 2.75) is 31.7 Å². The molecule has 4 heterocycles. The van der Waals surface area contributed by atoms with Crippen LogP contribution in [0.15, 0.2) is 42.9 Å². The molecule has 3 N–H and O–H groups in total. The maximum atomic E-state index is 12.2. The molecular formula is C24H22ClN7O2. The Bertz CT molecular complexity index is 1370. The molecule has 0 radical (unpaired) electrons. The lowest BCUT2D eigenvalue weighted by Crippen LogP contribution is -2.51. The van der Waals surface area contributed by atoms with Crippen LogP contribution in [0.1, 0.15) is 25.7 Å². The van der Waals surface area contributed by atoms with Crippen LogP contribution in [-0.2, 0) is 4.79 Å². The molecule has 3 aliphatic rings. The van der Waals surface area contributed by atoms with Crippen molar-refractivity contribution < 1.29 is 9.90 Å². The number of nitrogens with one attached hydrogen (secondary N) is 2. The molecule has 10 heteroatoms. The summed E-state index contributed by atoms with van der Waals surface area (Å²) in [5.74, 6) is 0.331. The summed E-state index contributed by atoms with van der Waals surface area (Å²) in [5, 5.41) is 13.7. The van der Waals surface area contributed by atoms with Gasteiger partial charge >= 0.3 is 5.97 Å². The maximum Gasteiger partial charge on any atom is 0.308 e. The summed E-state index contributed by atoms with van der Waals surface area (Å²) in [6.07, 6.45) is 8.96. The molecular weight excluding hydrogens is 454 g/mol. The van der Waals surface area contributed by atoms with Gasteiger partial charge in [0.05, 0.1) is 29.1 Å². The van der Waals surface area contributed by atoms with Crippen LogP contribution in [-0.4, -0.2) is 47.0 Å². The Morgan fingerprint density at radius 1 is 1.06 bits per heavy atom. The van der Waals surface area contributed by atoms with Crippen molar-refractivity contribution >= 4 is 34.6 Å². The minimum Gasteiger partial charge on any atom is -0.481 e. The molecule has 3 aliphatic carbocycles. The molecule has 0 amide bonds. The minimum absolute atomic E-state index is 0.179. The third kappa shape index (κ3) is 3.66. The van der Waals surface area contributed by atoms with Crippen LogP contribution in [0.5, 0.6) is 0 Å². The van der Waals surface area contributed by atoms with E-state index < -0.39 is 11.9 Å². The predicted molar refractivity (Wildman–Crippen MR) is 127 cm³/mol. The number of aromatic amines is 1. The standard InChI is InChI=1S/C24H22ClN7O2/c25-17-11-28-23-21(30-17)14(10-27-23)22-29-16(15-3-1-2-8-26-15)9-18(32-22)31-20-13-6-4-12(5-7-13)19(20)24(33)34/h1-3,8-13,19-20H,4-7H2,(H,27,28)(H,33,34)(H,29,31,32)/t12?,13?,19-,20-/m0/s1. The molecule has 34 heavy (non-hydrogen) atoms. The van der Waals surface area contributed by atoms with Gasteiger partial charge < -0.3 is 15.4 Å². The molecule has 0 aliphatic heterocycles. The number of halogens is 1. The van der Waals surface area contributed by atoms with Crippen LogP contribution in [0.4, 0.5) is 5.82 Å². The van der Waals surface area contributed by atoms with Crippen molar-refractivity contribution in [3.63, 3.8) is 0 Å². The highest BCUT2D eigenvalue weighted by atomic mass is 35.5. The van der Waals surface area contributed by atoms with E-state index in [-0.39, 0.29) is 17.1 Å². The smallest absolute Gasteiger partial charge is 0.308 e. The normalized spacial score (nSPS) is 23.8. The molecule has 9 nitrogen and oxygen atoms in total. The summed E-state index contributed by atoms with van der Waals surface area (Å²) in [6, 6.07) is 7.28. The average Bonchev–Trinajstić information content (AvgIpc) is 3.28. The summed E-state index contributed by atoms with van der Waals surface area (Å²) in [5.41, 5.74) is 3.13. The molecule has 2 bridgehead atoms. The van der Waals surface area contributed by atoms with E-state index in [9.17, 15) is 9.90 Å². The fourth-order valence-corrected chi connectivity index (χ4v) is 5.64. The lowest BCUT2D eigenvalue weighted by Gasteiger charge is -2.47. The van der Waals surface area contributed by atoms with Gasteiger partial charge in [-0.05, 0) is 49.7 Å². The molecule has 0 unspecified atom stereocenters. The van der Waals surface area contributed by atoms with E-state index in [1.165, 1.54) is 6.20 Å². The van der Waals surface area contributed by atoms with Crippen molar-refractivity contribution in [3.05, 3.63) is 48.0 Å². The van der Waals surface area contributed by atoms with E-state index in [1.807, 2.05) is 24.3 Å². The second-order valence-electron chi connectivity index (χ2n) is 8.98. The average molecular weight is 476 g/mol. The number of carbonyl (C=O) groups is 1. The highest BCUT2D eigenvalue weighted by Crippen LogP contribution is 2.46. The highest BCUT2D eigenvalue weighted by molar-refractivity contribution is 6.29. The summed E-state index contributed by atoms with van der Waals surface area (Å²) >= 11 is 6.10. The second-order valence-corrected chi connectivity index (χ2v) is 9.37. The first-order valence-electron chi connectivity index (χ1n) is 11.4. The fraction of sp³-hybridized carbons (Fsp3) is 0.333. The number of aliphatic carboxylic acids is 1. The molecule has 2 atom stereocenters. The van der Waals surface area contributed by atoms with Gasteiger partial charge in [-0.1, -0.05) is 17.7 Å². The summed E-state index contributed by atoms with van der Waals surface area (Å²) in [7, 11) is 0. The Balaban J connectivity index is 1.46. The zero-order valence-electron chi connectivity index (χ0n) is 18.1. The summed E-state index contributed by atoms with van der Waals surface area (Å²) < 4.78 is 0. The van der Waals surface area contributed by atoms with E-state index in [0.29, 0.717) is 45.7 Å². The summed E-state index contributed by atoms with van der Waals surface area (Å²) in [6.45, 7) is 0. The molecule has 4 aromatic heterocycles. The molecule has 0 saturated heterocycles. The minimum atomic E-state index is -0.743. The van der Waals surface area contributed by atoms with Gasteiger partial charge in [-0.3, -0.25) is 9.78 Å². The first-order chi connectivity index (χ1) is 16.6. The molecule has 0 aromatic carbocycles. The number of anilines is 1. The molecule has 7 rings (SSSR count). The largest absolute Gasteiger partial charge is 0.481 e. The number of pyridine rings is 1. The van der Waals surface area contributed by atoms with Gasteiger partial charge in [-0.2, -0.15) is 0 Å². The van der Waals surface area contributed by atoms with Crippen LogP contribution in [0.3, 0.4) is 0 Å². The maximum absolute atomic E-state index is 12.2. The lowest BCUT2D eigenvalue weighted by atomic mass is 9.61. The third-order valence-corrected chi connectivity index (χ3v) is 7.25. The SMILES string of the molecule is O=C(O)[C@H]1C2CCC(CC2)[C@@H]1Nc1cc(-c2ccccn2)nc(-c2c[nH]c3ncc(Cl)nc23)n1. The number of hydrogen-bond donors (Lipinski definition) is 3. The Kier molecular flexibility index (Phi) is 5.13. The number of rotatable bonds is 5. The monoisotopic (exact) mass is 475 g/mol. The fourth-order valence-electron chi connectivity index (χ4n) is 5.51. The number of aromatic nitrogens is 6. The van der Waals surface area contributed by atoms with Gasteiger partial charge in [0.1, 0.15) is 16.5 Å². The zero-order valence-corrected chi connectivity index (χ0v) is 18.9. The Morgan fingerprint density at radius 3 is 2.65 bits per heavy atom. The van der Waals surface area contributed by atoms with Crippen LogP contribution in [0.2, 0.25) is 5.15 Å².